The molecule has 0 aromatic heterocycles. The first-order valence-corrected chi connectivity index (χ1v) is 6.84. The molecule has 0 heterocycles. The molecule has 2 nitrogen and oxygen atoms in total. The fourth-order valence-electron chi connectivity index (χ4n) is 1.19. The summed E-state index contributed by atoms with van der Waals surface area (Å²) < 4.78 is 21.8. The van der Waals surface area contributed by atoms with Crippen molar-refractivity contribution in [2.75, 3.05) is 0 Å². The Kier molecular flexibility index (Phi) is 3.45. The maximum atomic E-state index is 10.9. The van der Waals surface area contributed by atoms with E-state index < -0.39 is 9.05 Å². The van der Waals surface area contributed by atoms with Crippen LogP contribution in [0.2, 0.25) is 5.02 Å². The number of rotatable bonds is 2. The van der Waals surface area contributed by atoms with E-state index in [1.165, 1.54) is 0 Å². The van der Waals surface area contributed by atoms with E-state index in [-0.39, 0.29) is 5.75 Å². The van der Waals surface area contributed by atoms with Crippen LogP contribution in [0.3, 0.4) is 0 Å². The van der Waals surface area contributed by atoms with Gasteiger partial charge in [-0.3, -0.25) is 0 Å². The van der Waals surface area contributed by atoms with Crippen LogP contribution in [-0.4, -0.2) is 8.42 Å². The first kappa shape index (κ1) is 11.8. The summed E-state index contributed by atoms with van der Waals surface area (Å²) in [6.07, 6.45) is 0. The Balaban J connectivity index is 3.27. The second-order valence-electron chi connectivity index (χ2n) is 3.15. The molecule has 0 spiro atoms. The quantitative estimate of drug-likeness (QED) is 0.759. The summed E-state index contributed by atoms with van der Waals surface area (Å²) in [4.78, 5) is 0. The zero-order valence-corrected chi connectivity index (χ0v) is 10.2. The molecule has 0 aliphatic carbocycles. The Bertz CT molecular complexity index is 452. The van der Waals surface area contributed by atoms with E-state index in [0.717, 1.165) is 11.1 Å². The van der Waals surface area contributed by atoms with Crippen LogP contribution < -0.4 is 0 Å². The molecule has 5 heteroatoms. The molecule has 14 heavy (non-hydrogen) atoms. The summed E-state index contributed by atoms with van der Waals surface area (Å²) in [7, 11) is 1.63. The molecule has 0 unspecified atom stereocenters. The summed E-state index contributed by atoms with van der Waals surface area (Å²) in [6, 6.07) is 3.53. The Labute approximate surface area is 93.3 Å². The molecular weight excluding hydrogens is 243 g/mol. The van der Waals surface area contributed by atoms with E-state index in [1.807, 2.05) is 19.9 Å². The van der Waals surface area contributed by atoms with E-state index in [9.17, 15) is 8.42 Å². The second kappa shape index (κ2) is 4.09. The fraction of sp³-hybridized carbons (Fsp3) is 0.333. The number of hydrogen-bond donors (Lipinski definition) is 0. The summed E-state index contributed by atoms with van der Waals surface area (Å²) in [6.45, 7) is 3.73. The molecule has 0 saturated heterocycles. The van der Waals surface area contributed by atoms with Crippen LogP contribution in [0.5, 0.6) is 0 Å². The van der Waals surface area contributed by atoms with Gasteiger partial charge in [0.25, 0.3) is 0 Å². The summed E-state index contributed by atoms with van der Waals surface area (Å²) in [5.41, 5.74) is 2.47. The average molecular weight is 253 g/mol. The lowest BCUT2D eigenvalue weighted by molar-refractivity contribution is 0.608. The Morgan fingerprint density at radius 3 is 2.36 bits per heavy atom. The van der Waals surface area contributed by atoms with E-state index in [4.69, 9.17) is 22.3 Å². The summed E-state index contributed by atoms with van der Waals surface area (Å²) >= 11 is 5.88. The first-order valence-electron chi connectivity index (χ1n) is 3.98. The molecule has 0 N–H and O–H groups in total. The van der Waals surface area contributed by atoms with Gasteiger partial charge in [-0.1, -0.05) is 17.7 Å². The van der Waals surface area contributed by atoms with Crippen molar-refractivity contribution < 1.29 is 8.42 Å². The lowest BCUT2D eigenvalue weighted by atomic mass is 10.1. The molecule has 0 aliphatic heterocycles. The molecule has 0 atom stereocenters. The van der Waals surface area contributed by atoms with Crippen LogP contribution in [-0.2, 0) is 14.8 Å². The van der Waals surface area contributed by atoms with Crippen molar-refractivity contribution in [3.05, 3.63) is 33.8 Å². The number of hydrogen-bond acceptors (Lipinski definition) is 2. The van der Waals surface area contributed by atoms with Crippen molar-refractivity contribution >= 4 is 31.3 Å². The lowest BCUT2D eigenvalue weighted by Crippen LogP contribution is -2.00. The molecule has 0 bridgehead atoms. The fourth-order valence-corrected chi connectivity index (χ4v) is 2.59. The molecule has 0 radical (unpaired) electrons. The van der Waals surface area contributed by atoms with Crippen molar-refractivity contribution in [1.29, 1.82) is 0 Å². The Morgan fingerprint density at radius 2 is 1.86 bits per heavy atom. The minimum absolute atomic E-state index is 0.221. The molecule has 0 saturated carbocycles. The Morgan fingerprint density at radius 1 is 1.29 bits per heavy atom. The van der Waals surface area contributed by atoms with Gasteiger partial charge in [-0.2, -0.15) is 0 Å². The third kappa shape index (κ3) is 2.87. The topological polar surface area (TPSA) is 34.1 Å². The smallest absolute Gasteiger partial charge is 0.212 e. The molecule has 78 valence electrons. The minimum Gasteiger partial charge on any atom is -0.212 e. The maximum absolute atomic E-state index is 10.9. The summed E-state index contributed by atoms with van der Waals surface area (Å²) in [5, 5.41) is 0.442. The Hall–Kier alpha value is -0.250. The number of aryl methyl sites for hydroxylation is 1. The van der Waals surface area contributed by atoms with Crippen molar-refractivity contribution in [3.8, 4) is 0 Å². The van der Waals surface area contributed by atoms with E-state index >= 15 is 0 Å². The standard InChI is InChI=1S/C9H10Cl2O2S/c1-6-3-4-9(10)8(7(6)2)5-14(11,12)13/h3-4H,5H2,1-2H3. The normalized spacial score (nSPS) is 11.7. The third-order valence-corrected chi connectivity index (χ3v) is 3.44. The monoisotopic (exact) mass is 252 g/mol. The highest BCUT2D eigenvalue weighted by molar-refractivity contribution is 8.13. The predicted octanol–water partition coefficient (Wildman–Crippen LogP) is 3.03. The highest BCUT2D eigenvalue weighted by Crippen LogP contribution is 2.25. The first-order chi connectivity index (χ1) is 6.31. The van der Waals surface area contributed by atoms with Gasteiger partial charge in [-0.05, 0) is 36.6 Å². The van der Waals surface area contributed by atoms with Crippen molar-refractivity contribution in [2.45, 2.75) is 19.6 Å². The van der Waals surface area contributed by atoms with E-state index in [0.29, 0.717) is 10.6 Å². The van der Waals surface area contributed by atoms with Crippen molar-refractivity contribution in [2.24, 2.45) is 0 Å². The van der Waals surface area contributed by atoms with Gasteiger partial charge in [0.15, 0.2) is 0 Å². The van der Waals surface area contributed by atoms with Gasteiger partial charge in [-0.15, -0.1) is 0 Å². The molecule has 0 fully saturated rings. The molecule has 0 amide bonds. The van der Waals surface area contributed by atoms with Gasteiger partial charge in [0.2, 0.25) is 9.05 Å². The van der Waals surface area contributed by atoms with Gasteiger partial charge >= 0.3 is 0 Å². The molecular formula is C9H10Cl2O2S. The van der Waals surface area contributed by atoms with Crippen LogP contribution in [0, 0.1) is 13.8 Å². The molecule has 1 aromatic rings. The van der Waals surface area contributed by atoms with Crippen LogP contribution in [0.25, 0.3) is 0 Å². The average Bonchev–Trinajstić information content (AvgIpc) is 2.04. The van der Waals surface area contributed by atoms with Gasteiger partial charge in [0.1, 0.15) is 0 Å². The number of halogens is 2. The van der Waals surface area contributed by atoms with Gasteiger partial charge in [-0.25, -0.2) is 8.42 Å². The number of benzene rings is 1. The molecule has 0 aliphatic rings. The zero-order chi connectivity index (χ0) is 10.9. The lowest BCUT2D eigenvalue weighted by Gasteiger charge is -2.08. The molecule has 1 aromatic carbocycles. The van der Waals surface area contributed by atoms with Crippen LogP contribution in [0.4, 0.5) is 0 Å². The predicted molar refractivity (Wildman–Crippen MR) is 59.4 cm³/mol. The van der Waals surface area contributed by atoms with Gasteiger partial charge in [0, 0.05) is 15.7 Å². The zero-order valence-electron chi connectivity index (χ0n) is 7.84. The van der Waals surface area contributed by atoms with Crippen LogP contribution in [0.15, 0.2) is 12.1 Å². The highest BCUT2D eigenvalue weighted by atomic mass is 35.7. The largest absolute Gasteiger partial charge is 0.236 e. The van der Waals surface area contributed by atoms with Crippen LogP contribution >= 0.6 is 22.3 Å². The minimum atomic E-state index is -3.55. The van der Waals surface area contributed by atoms with Gasteiger partial charge < -0.3 is 0 Å². The maximum Gasteiger partial charge on any atom is 0.236 e. The molecule has 1 rings (SSSR count). The van der Waals surface area contributed by atoms with E-state index in [1.54, 1.807) is 6.07 Å². The highest BCUT2D eigenvalue weighted by Gasteiger charge is 2.13. The summed E-state index contributed by atoms with van der Waals surface area (Å²) in [5.74, 6) is -0.221. The van der Waals surface area contributed by atoms with Gasteiger partial charge in [0.05, 0.1) is 5.75 Å². The van der Waals surface area contributed by atoms with Crippen molar-refractivity contribution in [1.82, 2.24) is 0 Å². The SMILES string of the molecule is Cc1ccc(Cl)c(CS(=O)(=O)Cl)c1C. The van der Waals surface area contributed by atoms with Crippen molar-refractivity contribution in [3.63, 3.8) is 0 Å². The van der Waals surface area contributed by atoms with E-state index in [2.05, 4.69) is 0 Å². The van der Waals surface area contributed by atoms with Crippen LogP contribution in [0.1, 0.15) is 16.7 Å². The third-order valence-electron chi connectivity index (χ3n) is 2.13. The second-order valence-corrected chi connectivity index (χ2v) is 6.34.